The maximum atomic E-state index is 13.0. The van der Waals surface area contributed by atoms with Crippen LogP contribution in [0.25, 0.3) is 0 Å². The second-order valence-electron chi connectivity index (χ2n) is 4.32. The summed E-state index contributed by atoms with van der Waals surface area (Å²) in [6.45, 7) is 0.872. The molecule has 2 rings (SSSR count). The van der Waals surface area contributed by atoms with Crippen LogP contribution in [0.3, 0.4) is 0 Å². The summed E-state index contributed by atoms with van der Waals surface area (Å²) in [5, 5.41) is 0.656. The van der Waals surface area contributed by atoms with E-state index in [1.165, 1.54) is 12.1 Å². The lowest BCUT2D eigenvalue weighted by atomic mass is 10.1. The van der Waals surface area contributed by atoms with E-state index < -0.39 is 0 Å². The van der Waals surface area contributed by atoms with Crippen LogP contribution in [-0.4, -0.2) is 6.54 Å². The molecular formula is C15H14BrClFNO. The van der Waals surface area contributed by atoms with Gasteiger partial charge in [0.05, 0.1) is 0 Å². The Bertz CT molecular complexity index is 606. The van der Waals surface area contributed by atoms with Crippen molar-refractivity contribution in [1.29, 1.82) is 0 Å². The minimum absolute atomic E-state index is 0.282. The van der Waals surface area contributed by atoms with E-state index in [0.29, 0.717) is 29.1 Å². The number of ether oxygens (including phenoxy) is 1. The highest BCUT2D eigenvalue weighted by Crippen LogP contribution is 2.25. The molecule has 0 bridgehead atoms. The van der Waals surface area contributed by atoms with E-state index >= 15 is 0 Å². The van der Waals surface area contributed by atoms with Gasteiger partial charge in [0, 0.05) is 15.1 Å². The Balaban J connectivity index is 2.14. The Labute approximate surface area is 130 Å². The average Bonchev–Trinajstić information content (AvgIpc) is 2.40. The first-order valence-corrected chi connectivity index (χ1v) is 7.32. The first-order valence-electron chi connectivity index (χ1n) is 6.15. The Morgan fingerprint density at radius 2 is 1.95 bits per heavy atom. The third-order valence-electron chi connectivity index (χ3n) is 2.83. The van der Waals surface area contributed by atoms with Gasteiger partial charge in [-0.25, -0.2) is 4.39 Å². The zero-order valence-electron chi connectivity index (χ0n) is 10.7. The van der Waals surface area contributed by atoms with Crippen molar-refractivity contribution in [3.05, 3.63) is 62.8 Å². The molecule has 5 heteroatoms. The molecule has 0 aromatic heterocycles. The van der Waals surface area contributed by atoms with Gasteiger partial charge in [-0.3, -0.25) is 0 Å². The van der Waals surface area contributed by atoms with E-state index in [-0.39, 0.29) is 5.82 Å². The predicted octanol–water partition coefficient (Wildman–Crippen LogP) is 4.32. The predicted molar refractivity (Wildman–Crippen MR) is 82.6 cm³/mol. The SMILES string of the molecule is NCCc1cc(Cl)ccc1OCc1ccc(F)cc1Br. The van der Waals surface area contributed by atoms with Crippen molar-refractivity contribution in [3.8, 4) is 5.75 Å². The summed E-state index contributed by atoms with van der Waals surface area (Å²) < 4.78 is 19.5. The van der Waals surface area contributed by atoms with Crippen molar-refractivity contribution in [1.82, 2.24) is 0 Å². The third-order valence-corrected chi connectivity index (χ3v) is 3.81. The van der Waals surface area contributed by atoms with Gasteiger partial charge < -0.3 is 10.5 Å². The van der Waals surface area contributed by atoms with E-state index in [0.717, 1.165) is 16.9 Å². The molecule has 0 heterocycles. The zero-order valence-corrected chi connectivity index (χ0v) is 13.0. The minimum Gasteiger partial charge on any atom is -0.489 e. The number of nitrogens with two attached hydrogens (primary N) is 1. The lowest BCUT2D eigenvalue weighted by Crippen LogP contribution is -2.05. The number of hydrogen-bond acceptors (Lipinski definition) is 2. The van der Waals surface area contributed by atoms with Crippen LogP contribution < -0.4 is 10.5 Å². The molecule has 106 valence electrons. The molecular weight excluding hydrogens is 345 g/mol. The van der Waals surface area contributed by atoms with E-state index in [1.54, 1.807) is 12.1 Å². The van der Waals surface area contributed by atoms with Crippen LogP contribution in [0.2, 0.25) is 5.02 Å². The van der Waals surface area contributed by atoms with Crippen molar-refractivity contribution >= 4 is 27.5 Å². The second-order valence-corrected chi connectivity index (χ2v) is 5.61. The van der Waals surface area contributed by atoms with E-state index in [4.69, 9.17) is 22.1 Å². The molecule has 2 nitrogen and oxygen atoms in total. The molecule has 0 radical (unpaired) electrons. The highest BCUT2D eigenvalue weighted by Gasteiger charge is 2.07. The second kappa shape index (κ2) is 7.07. The van der Waals surface area contributed by atoms with Crippen molar-refractivity contribution in [2.24, 2.45) is 5.73 Å². The molecule has 20 heavy (non-hydrogen) atoms. The van der Waals surface area contributed by atoms with E-state index in [2.05, 4.69) is 15.9 Å². The highest BCUT2D eigenvalue weighted by molar-refractivity contribution is 9.10. The maximum Gasteiger partial charge on any atom is 0.124 e. The summed E-state index contributed by atoms with van der Waals surface area (Å²) in [4.78, 5) is 0. The molecule has 0 aliphatic heterocycles. The molecule has 2 aromatic carbocycles. The molecule has 0 saturated heterocycles. The third kappa shape index (κ3) is 3.95. The van der Waals surface area contributed by atoms with Crippen LogP contribution >= 0.6 is 27.5 Å². The smallest absolute Gasteiger partial charge is 0.124 e. The zero-order chi connectivity index (χ0) is 14.5. The van der Waals surface area contributed by atoms with Gasteiger partial charge in [-0.05, 0) is 48.9 Å². The van der Waals surface area contributed by atoms with Gasteiger partial charge in [-0.1, -0.05) is 33.6 Å². The van der Waals surface area contributed by atoms with Gasteiger partial charge in [0.25, 0.3) is 0 Å². The quantitative estimate of drug-likeness (QED) is 0.864. The fourth-order valence-electron chi connectivity index (χ4n) is 1.83. The molecule has 0 spiro atoms. The number of halogens is 3. The Kier molecular flexibility index (Phi) is 5.40. The lowest BCUT2D eigenvalue weighted by molar-refractivity contribution is 0.302. The van der Waals surface area contributed by atoms with Crippen molar-refractivity contribution < 1.29 is 9.13 Å². The summed E-state index contributed by atoms with van der Waals surface area (Å²) >= 11 is 9.29. The first-order chi connectivity index (χ1) is 9.60. The van der Waals surface area contributed by atoms with Gasteiger partial charge in [0.2, 0.25) is 0 Å². The summed E-state index contributed by atoms with van der Waals surface area (Å²) in [5.74, 6) is 0.465. The molecule has 0 fully saturated rings. The molecule has 0 aliphatic rings. The van der Waals surface area contributed by atoms with Gasteiger partial charge in [0.15, 0.2) is 0 Å². The van der Waals surface area contributed by atoms with Crippen LogP contribution in [0.1, 0.15) is 11.1 Å². The van der Waals surface area contributed by atoms with Crippen LogP contribution in [-0.2, 0) is 13.0 Å². The maximum absolute atomic E-state index is 13.0. The Morgan fingerprint density at radius 3 is 2.65 bits per heavy atom. The normalized spacial score (nSPS) is 10.6. The van der Waals surface area contributed by atoms with Crippen LogP contribution in [0.5, 0.6) is 5.75 Å². The molecule has 0 aliphatic carbocycles. The van der Waals surface area contributed by atoms with Crippen molar-refractivity contribution in [2.45, 2.75) is 13.0 Å². The topological polar surface area (TPSA) is 35.2 Å². The molecule has 0 unspecified atom stereocenters. The molecule has 2 N–H and O–H groups in total. The van der Waals surface area contributed by atoms with Crippen LogP contribution in [0.15, 0.2) is 40.9 Å². The summed E-state index contributed by atoms with van der Waals surface area (Å²) in [6, 6.07) is 9.97. The van der Waals surface area contributed by atoms with E-state index in [1.807, 2.05) is 12.1 Å². The van der Waals surface area contributed by atoms with E-state index in [9.17, 15) is 4.39 Å². The standard InChI is InChI=1S/C15H14BrClFNO/c16-14-8-13(18)3-1-11(14)9-20-15-4-2-12(17)7-10(15)5-6-19/h1-4,7-8H,5-6,9,19H2. The summed E-state index contributed by atoms with van der Waals surface area (Å²) in [5.41, 5.74) is 7.43. The van der Waals surface area contributed by atoms with Crippen LogP contribution in [0, 0.1) is 5.82 Å². The molecule has 0 amide bonds. The molecule has 0 atom stereocenters. The number of hydrogen-bond donors (Lipinski definition) is 1. The summed E-state index contributed by atoms with van der Waals surface area (Å²) in [6.07, 6.45) is 0.695. The average molecular weight is 359 g/mol. The monoisotopic (exact) mass is 357 g/mol. The van der Waals surface area contributed by atoms with Gasteiger partial charge in [-0.15, -0.1) is 0 Å². The minimum atomic E-state index is -0.282. The molecule has 2 aromatic rings. The Hall–Kier alpha value is -1.10. The van der Waals surface area contributed by atoms with Crippen LogP contribution in [0.4, 0.5) is 4.39 Å². The first kappa shape index (κ1) is 15.3. The number of benzene rings is 2. The number of rotatable bonds is 5. The van der Waals surface area contributed by atoms with Crippen molar-refractivity contribution in [3.63, 3.8) is 0 Å². The fourth-order valence-corrected chi connectivity index (χ4v) is 2.49. The van der Waals surface area contributed by atoms with Crippen molar-refractivity contribution in [2.75, 3.05) is 6.54 Å². The largest absolute Gasteiger partial charge is 0.489 e. The molecule has 0 saturated carbocycles. The fraction of sp³-hybridized carbons (Fsp3) is 0.200. The van der Waals surface area contributed by atoms with Gasteiger partial charge in [-0.2, -0.15) is 0 Å². The Morgan fingerprint density at radius 1 is 1.15 bits per heavy atom. The lowest BCUT2D eigenvalue weighted by Gasteiger charge is -2.12. The highest BCUT2D eigenvalue weighted by atomic mass is 79.9. The van der Waals surface area contributed by atoms with Gasteiger partial charge >= 0.3 is 0 Å². The summed E-state index contributed by atoms with van der Waals surface area (Å²) in [7, 11) is 0. The van der Waals surface area contributed by atoms with Gasteiger partial charge in [0.1, 0.15) is 18.2 Å².